The zero-order valence-corrected chi connectivity index (χ0v) is 13.4. The van der Waals surface area contributed by atoms with Crippen LogP contribution >= 0.6 is 15.9 Å². The highest BCUT2D eigenvalue weighted by molar-refractivity contribution is 9.10. The monoisotopic (exact) mass is 363 g/mol. The number of amides is 1. The van der Waals surface area contributed by atoms with Crippen LogP contribution in [-0.4, -0.2) is 43.3 Å². The fourth-order valence-electron chi connectivity index (χ4n) is 2.41. The summed E-state index contributed by atoms with van der Waals surface area (Å²) >= 11 is 3.14. The molecule has 20 heavy (non-hydrogen) atoms. The van der Waals surface area contributed by atoms with Gasteiger partial charge in [-0.3, -0.25) is 4.79 Å². The van der Waals surface area contributed by atoms with Gasteiger partial charge in [0.2, 0.25) is 0 Å². The van der Waals surface area contributed by atoms with Crippen LogP contribution in [0.25, 0.3) is 0 Å². The molecule has 0 aromatic heterocycles. The molecule has 0 N–H and O–H groups in total. The molecule has 0 bridgehead atoms. The SMILES string of the molecule is CCN(C(=O)c1ccc(Br)cc1F)C1CCS(=O)(=O)C1. The third-order valence-electron chi connectivity index (χ3n) is 3.41. The molecular formula is C13H15BrFNO3S. The maximum Gasteiger partial charge on any atom is 0.257 e. The number of benzene rings is 1. The highest BCUT2D eigenvalue weighted by atomic mass is 79.9. The largest absolute Gasteiger partial charge is 0.335 e. The molecule has 110 valence electrons. The Morgan fingerprint density at radius 3 is 2.70 bits per heavy atom. The second kappa shape index (κ2) is 5.81. The fraction of sp³-hybridized carbons (Fsp3) is 0.462. The molecule has 1 aromatic rings. The van der Waals surface area contributed by atoms with E-state index in [1.54, 1.807) is 13.0 Å². The van der Waals surface area contributed by atoms with Gasteiger partial charge < -0.3 is 4.90 Å². The molecule has 0 aliphatic carbocycles. The van der Waals surface area contributed by atoms with Crippen LogP contribution in [-0.2, 0) is 9.84 Å². The summed E-state index contributed by atoms with van der Waals surface area (Å²) in [5.41, 5.74) is -0.0284. The third-order valence-corrected chi connectivity index (χ3v) is 5.66. The van der Waals surface area contributed by atoms with E-state index in [-0.39, 0.29) is 23.1 Å². The molecule has 4 nitrogen and oxygen atoms in total. The average Bonchev–Trinajstić information content (AvgIpc) is 2.70. The van der Waals surface area contributed by atoms with Crippen molar-refractivity contribution in [1.29, 1.82) is 0 Å². The van der Waals surface area contributed by atoms with Crippen molar-refractivity contribution in [2.45, 2.75) is 19.4 Å². The van der Waals surface area contributed by atoms with Crippen molar-refractivity contribution < 1.29 is 17.6 Å². The van der Waals surface area contributed by atoms with E-state index in [4.69, 9.17) is 0 Å². The maximum absolute atomic E-state index is 13.8. The van der Waals surface area contributed by atoms with E-state index < -0.39 is 21.6 Å². The second-order valence-electron chi connectivity index (χ2n) is 4.77. The Labute approximate surface area is 126 Å². The van der Waals surface area contributed by atoms with Crippen LogP contribution in [0.15, 0.2) is 22.7 Å². The first kappa shape index (κ1) is 15.4. The first-order valence-electron chi connectivity index (χ1n) is 6.30. The summed E-state index contributed by atoms with van der Waals surface area (Å²) in [5, 5.41) is 0. The minimum Gasteiger partial charge on any atom is -0.335 e. The summed E-state index contributed by atoms with van der Waals surface area (Å²) in [6.07, 6.45) is 0.417. The molecule has 1 aliphatic heterocycles. The van der Waals surface area contributed by atoms with Crippen molar-refractivity contribution in [2.24, 2.45) is 0 Å². The van der Waals surface area contributed by atoms with Crippen molar-refractivity contribution >= 4 is 31.7 Å². The molecule has 0 radical (unpaired) electrons. The highest BCUT2D eigenvalue weighted by Gasteiger charge is 2.34. The number of nitrogens with zero attached hydrogens (tertiary/aromatic N) is 1. The summed E-state index contributed by atoms with van der Waals surface area (Å²) < 4.78 is 37.4. The molecule has 1 saturated heterocycles. The predicted molar refractivity (Wildman–Crippen MR) is 77.9 cm³/mol. The zero-order chi connectivity index (χ0) is 14.9. The second-order valence-corrected chi connectivity index (χ2v) is 7.92. The molecule has 1 aromatic carbocycles. The standard InChI is InChI=1S/C13H15BrFNO3S/c1-2-16(10-5-6-20(18,19)8-10)13(17)11-4-3-9(14)7-12(11)15/h3-4,7,10H,2,5-6,8H2,1H3. The number of sulfone groups is 1. The Hall–Kier alpha value is -0.950. The van der Waals surface area contributed by atoms with Gasteiger partial charge in [-0.05, 0) is 31.5 Å². The van der Waals surface area contributed by atoms with Crippen LogP contribution in [0.5, 0.6) is 0 Å². The first-order valence-corrected chi connectivity index (χ1v) is 8.92. The van der Waals surface area contributed by atoms with Crippen LogP contribution in [0.2, 0.25) is 0 Å². The molecule has 0 spiro atoms. The lowest BCUT2D eigenvalue weighted by Gasteiger charge is -2.27. The van der Waals surface area contributed by atoms with E-state index >= 15 is 0 Å². The van der Waals surface area contributed by atoms with Gasteiger partial charge >= 0.3 is 0 Å². The predicted octanol–water partition coefficient (Wildman–Crippen LogP) is 2.24. The van der Waals surface area contributed by atoms with Crippen molar-refractivity contribution in [3.63, 3.8) is 0 Å². The normalized spacial score (nSPS) is 20.9. The number of hydrogen-bond acceptors (Lipinski definition) is 3. The molecule has 1 heterocycles. The third kappa shape index (κ3) is 3.20. The Morgan fingerprint density at radius 2 is 2.20 bits per heavy atom. The summed E-state index contributed by atoms with van der Waals surface area (Å²) in [6, 6.07) is 3.87. The van der Waals surface area contributed by atoms with Gasteiger partial charge in [0, 0.05) is 17.1 Å². The Bertz CT molecular complexity index is 633. The Balaban J connectivity index is 2.26. The topological polar surface area (TPSA) is 54.5 Å². The van der Waals surface area contributed by atoms with Gasteiger partial charge in [-0.25, -0.2) is 12.8 Å². The van der Waals surface area contributed by atoms with Gasteiger partial charge in [-0.1, -0.05) is 15.9 Å². The van der Waals surface area contributed by atoms with Crippen molar-refractivity contribution in [2.75, 3.05) is 18.1 Å². The lowest BCUT2D eigenvalue weighted by molar-refractivity contribution is 0.0703. The minimum atomic E-state index is -3.08. The van der Waals surface area contributed by atoms with Crippen molar-refractivity contribution in [3.05, 3.63) is 34.1 Å². The van der Waals surface area contributed by atoms with Crippen LogP contribution in [0.3, 0.4) is 0 Å². The van der Waals surface area contributed by atoms with Gasteiger partial charge in [0.05, 0.1) is 17.1 Å². The molecular weight excluding hydrogens is 349 g/mol. The smallest absolute Gasteiger partial charge is 0.257 e. The first-order chi connectivity index (χ1) is 9.34. The molecule has 1 unspecified atom stereocenters. The quantitative estimate of drug-likeness (QED) is 0.827. The molecule has 7 heteroatoms. The number of halogens is 2. The number of rotatable bonds is 3. The number of carbonyl (C=O) groups is 1. The summed E-state index contributed by atoms with van der Waals surface area (Å²) in [7, 11) is -3.08. The lowest BCUT2D eigenvalue weighted by atomic mass is 10.1. The van der Waals surface area contributed by atoms with E-state index in [1.165, 1.54) is 17.0 Å². The van der Waals surface area contributed by atoms with Crippen LogP contribution < -0.4 is 0 Å². The number of hydrogen-bond donors (Lipinski definition) is 0. The van der Waals surface area contributed by atoms with Gasteiger partial charge in [0.15, 0.2) is 9.84 Å². The van der Waals surface area contributed by atoms with Crippen molar-refractivity contribution in [3.8, 4) is 0 Å². The van der Waals surface area contributed by atoms with Gasteiger partial charge in [0.25, 0.3) is 5.91 Å². The van der Waals surface area contributed by atoms with Crippen LogP contribution in [0, 0.1) is 5.82 Å². The maximum atomic E-state index is 13.8. The van der Waals surface area contributed by atoms with Crippen LogP contribution in [0.4, 0.5) is 4.39 Å². The zero-order valence-electron chi connectivity index (χ0n) is 11.0. The minimum absolute atomic E-state index is 0.0284. The fourth-order valence-corrected chi connectivity index (χ4v) is 4.47. The molecule has 1 atom stereocenters. The van der Waals surface area contributed by atoms with E-state index in [0.717, 1.165) is 0 Å². The molecule has 0 saturated carbocycles. The van der Waals surface area contributed by atoms with E-state index in [1.807, 2.05) is 0 Å². The molecule has 1 fully saturated rings. The number of carbonyl (C=O) groups excluding carboxylic acids is 1. The van der Waals surface area contributed by atoms with Gasteiger partial charge in [0.1, 0.15) is 5.82 Å². The summed E-state index contributed by atoms with van der Waals surface area (Å²) in [5.74, 6) is -1.02. The van der Waals surface area contributed by atoms with Crippen molar-refractivity contribution in [1.82, 2.24) is 4.90 Å². The summed E-state index contributed by atoms with van der Waals surface area (Å²) in [6.45, 7) is 2.12. The average molecular weight is 364 g/mol. The molecule has 1 amide bonds. The van der Waals surface area contributed by atoms with Gasteiger partial charge in [-0.2, -0.15) is 0 Å². The van der Waals surface area contributed by atoms with Crippen LogP contribution in [0.1, 0.15) is 23.7 Å². The highest BCUT2D eigenvalue weighted by Crippen LogP contribution is 2.22. The van der Waals surface area contributed by atoms with E-state index in [0.29, 0.717) is 17.4 Å². The molecule has 2 rings (SSSR count). The lowest BCUT2D eigenvalue weighted by Crippen LogP contribution is -2.41. The Morgan fingerprint density at radius 1 is 1.50 bits per heavy atom. The van der Waals surface area contributed by atoms with E-state index in [9.17, 15) is 17.6 Å². The Kier molecular flexibility index (Phi) is 4.49. The van der Waals surface area contributed by atoms with E-state index in [2.05, 4.69) is 15.9 Å². The molecule has 1 aliphatic rings. The van der Waals surface area contributed by atoms with Gasteiger partial charge in [-0.15, -0.1) is 0 Å². The summed E-state index contributed by atoms with van der Waals surface area (Å²) in [4.78, 5) is 13.8.